The lowest BCUT2D eigenvalue weighted by Crippen LogP contribution is -1.73. The fourth-order valence-corrected chi connectivity index (χ4v) is 0.925. The molecule has 0 unspecified atom stereocenters. The van der Waals surface area contributed by atoms with Crippen LogP contribution in [0.15, 0.2) is 12.2 Å². The molecule has 0 saturated carbocycles. The van der Waals surface area contributed by atoms with E-state index in [2.05, 4.69) is 26.0 Å². The first kappa shape index (κ1) is 16.5. The third kappa shape index (κ3) is 24.6. The summed E-state index contributed by atoms with van der Waals surface area (Å²) in [5, 5.41) is 0. The maximum absolute atomic E-state index is 4.90. The highest BCUT2D eigenvalue weighted by molar-refractivity contribution is 7.22. The second kappa shape index (κ2) is 18.8. The van der Waals surface area contributed by atoms with Crippen molar-refractivity contribution >= 4 is 36.3 Å². The molecule has 0 aromatic heterocycles. The lowest BCUT2D eigenvalue weighted by molar-refractivity contribution is 0.674. The van der Waals surface area contributed by atoms with Crippen LogP contribution in [0.5, 0.6) is 0 Å². The van der Waals surface area contributed by atoms with Crippen molar-refractivity contribution in [2.45, 2.75) is 45.4 Å². The van der Waals surface area contributed by atoms with E-state index < -0.39 is 18.2 Å². The van der Waals surface area contributed by atoms with Gasteiger partial charge >= 0.3 is 18.2 Å². The summed E-state index contributed by atoms with van der Waals surface area (Å²) < 4.78 is 0. The van der Waals surface area contributed by atoms with Gasteiger partial charge < -0.3 is 18.1 Å². The van der Waals surface area contributed by atoms with Gasteiger partial charge in [-0.15, -0.1) is 0 Å². The molecule has 1 radical (unpaired) electrons. The van der Waals surface area contributed by atoms with Crippen LogP contribution < -0.4 is 0 Å². The molecule has 0 rings (SSSR count). The van der Waals surface area contributed by atoms with Crippen LogP contribution >= 0.6 is 18.1 Å². The lowest BCUT2D eigenvalue weighted by Gasteiger charge is -1.92. The monoisotopic (exact) mass is 233 g/mol. The van der Waals surface area contributed by atoms with E-state index in [0.29, 0.717) is 0 Å². The van der Waals surface area contributed by atoms with Gasteiger partial charge in [-0.3, -0.25) is 0 Å². The first-order chi connectivity index (χ1) is 6.33. The van der Waals surface area contributed by atoms with Crippen molar-refractivity contribution in [3.63, 3.8) is 0 Å². The molecular formula is C10H19Cl2Mg. The van der Waals surface area contributed by atoms with Gasteiger partial charge in [0.15, 0.2) is 0 Å². The van der Waals surface area contributed by atoms with E-state index in [9.17, 15) is 0 Å². The lowest BCUT2D eigenvalue weighted by atomic mass is 10.1. The van der Waals surface area contributed by atoms with Crippen LogP contribution in [0.4, 0.5) is 0 Å². The molecule has 0 aliphatic carbocycles. The minimum absolute atomic E-state index is 0.639. The summed E-state index contributed by atoms with van der Waals surface area (Å²) in [6.45, 7) is 5.97. The van der Waals surface area contributed by atoms with E-state index in [1.54, 1.807) is 0 Å². The molecular weight excluding hydrogens is 215 g/mol. The molecule has 0 aromatic carbocycles. The Morgan fingerprint density at radius 2 is 1.77 bits per heavy atom. The average molecular weight is 234 g/mol. The predicted octanol–water partition coefficient (Wildman–Crippen LogP) is 4.74. The van der Waals surface area contributed by atoms with Gasteiger partial charge in [0.25, 0.3) is 0 Å². The van der Waals surface area contributed by atoms with Gasteiger partial charge in [0.1, 0.15) is 0 Å². The molecule has 75 valence electrons. The molecule has 0 spiro atoms. The molecule has 0 fully saturated rings. The van der Waals surface area contributed by atoms with E-state index in [-0.39, 0.29) is 0 Å². The molecule has 0 saturated heterocycles. The quantitative estimate of drug-likeness (QED) is 0.354. The minimum atomic E-state index is -0.639. The number of hydrogen-bond acceptors (Lipinski definition) is 0. The first-order valence-corrected chi connectivity index (χ1v) is 9.17. The van der Waals surface area contributed by atoms with Crippen molar-refractivity contribution in [3.8, 4) is 0 Å². The van der Waals surface area contributed by atoms with Crippen LogP contribution in [0, 0.1) is 6.92 Å². The number of hydrogen-bond donors (Lipinski definition) is 0. The third-order valence-electron chi connectivity index (χ3n) is 1.56. The smallest absolute Gasteiger partial charge is 0.309 e. The second-order valence-electron chi connectivity index (χ2n) is 2.71. The molecule has 0 aliphatic heterocycles. The zero-order valence-corrected chi connectivity index (χ0v) is 11.5. The fourth-order valence-electron chi connectivity index (χ4n) is 0.925. The SMILES string of the molecule is [CH2]C/C=C\CCCCCC.[Cl][Mg][Cl]. The van der Waals surface area contributed by atoms with Crippen molar-refractivity contribution in [2.24, 2.45) is 0 Å². The van der Waals surface area contributed by atoms with Gasteiger partial charge in [-0.25, -0.2) is 0 Å². The molecule has 0 bridgehead atoms. The molecule has 0 amide bonds. The van der Waals surface area contributed by atoms with Crippen LogP contribution in [0.2, 0.25) is 0 Å². The Balaban J connectivity index is 0. The van der Waals surface area contributed by atoms with Crippen molar-refractivity contribution in [1.82, 2.24) is 0 Å². The second-order valence-corrected chi connectivity index (χ2v) is 5.34. The number of rotatable bonds is 6. The van der Waals surface area contributed by atoms with E-state index in [1.165, 1.54) is 32.1 Å². The van der Waals surface area contributed by atoms with Gasteiger partial charge in [-0.2, -0.15) is 0 Å². The van der Waals surface area contributed by atoms with Crippen molar-refractivity contribution in [2.75, 3.05) is 0 Å². The summed E-state index contributed by atoms with van der Waals surface area (Å²) in [7, 11) is 9.81. The summed E-state index contributed by atoms with van der Waals surface area (Å²) in [6.07, 6.45) is 12.0. The van der Waals surface area contributed by atoms with Gasteiger partial charge in [0, 0.05) is 0 Å². The molecule has 0 heterocycles. The Kier molecular flexibility index (Phi) is 23.9. The molecule has 3 heteroatoms. The Morgan fingerprint density at radius 3 is 2.23 bits per heavy atom. The number of unbranched alkanes of at least 4 members (excludes halogenated alkanes) is 4. The fraction of sp³-hybridized carbons (Fsp3) is 0.700. The maximum atomic E-state index is 4.90. The van der Waals surface area contributed by atoms with Crippen LogP contribution in [0.25, 0.3) is 0 Å². The largest absolute Gasteiger partial charge is 0.618 e. The molecule has 0 aliphatic rings. The Hall–Kier alpha value is 1.09. The topological polar surface area (TPSA) is 0 Å². The maximum Gasteiger partial charge on any atom is 0.618 e. The normalized spacial score (nSPS) is 9.23. The van der Waals surface area contributed by atoms with Crippen LogP contribution in [0.1, 0.15) is 45.4 Å². The highest BCUT2D eigenvalue weighted by Gasteiger charge is 1.82. The molecule has 0 N–H and O–H groups in total. The van der Waals surface area contributed by atoms with E-state index in [1.807, 2.05) is 0 Å². The average Bonchev–Trinajstić information content (AvgIpc) is 2.13. The predicted molar refractivity (Wildman–Crippen MR) is 65.3 cm³/mol. The van der Waals surface area contributed by atoms with Gasteiger partial charge in [-0.05, 0) is 26.2 Å². The first-order valence-electron chi connectivity index (χ1n) is 4.89. The van der Waals surface area contributed by atoms with E-state index >= 15 is 0 Å². The van der Waals surface area contributed by atoms with Gasteiger partial charge in [0.2, 0.25) is 0 Å². The molecule has 0 atom stereocenters. The van der Waals surface area contributed by atoms with E-state index in [4.69, 9.17) is 18.1 Å². The standard InChI is InChI=1S/C10H19.2ClH.Mg/c1-3-5-7-9-10-8-6-4-2;;;/h5,7H,1,3-4,6,8-10H2,2H3;2*1H;/q;;;+2/p-2/b7-5-;;;. The molecule has 0 aromatic rings. The number of allylic oxidation sites excluding steroid dienone is 2. The number of halogens is 2. The summed E-state index contributed by atoms with van der Waals surface area (Å²) in [4.78, 5) is 0. The van der Waals surface area contributed by atoms with Crippen molar-refractivity contribution in [1.29, 1.82) is 0 Å². The van der Waals surface area contributed by atoms with Gasteiger partial charge in [-0.1, -0.05) is 38.3 Å². The summed E-state index contributed by atoms with van der Waals surface area (Å²) in [5.41, 5.74) is 0. The van der Waals surface area contributed by atoms with Crippen molar-refractivity contribution in [3.05, 3.63) is 19.1 Å². The summed E-state index contributed by atoms with van der Waals surface area (Å²) >= 11 is -0.639. The zero-order valence-electron chi connectivity index (χ0n) is 8.57. The highest BCUT2D eigenvalue weighted by Crippen LogP contribution is 2.02. The van der Waals surface area contributed by atoms with Gasteiger partial charge in [0.05, 0.1) is 0 Å². The highest BCUT2D eigenvalue weighted by atomic mass is 35.6. The third-order valence-corrected chi connectivity index (χ3v) is 1.56. The van der Waals surface area contributed by atoms with Crippen LogP contribution in [-0.2, 0) is 0 Å². The van der Waals surface area contributed by atoms with E-state index in [0.717, 1.165) is 6.42 Å². The molecule has 13 heavy (non-hydrogen) atoms. The van der Waals surface area contributed by atoms with Crippen LogP contribution in [-0.4, -0.2) is 18.2 Å². The Morgan fingerprint density at radius 1 is 1.15 bits per heavy atom. The zero-order chi connectivity index (χ0) is 10.4. The summed E-state index contributed by atoms with van der Waals surface area (Å²) in [6, 6.07) is 0. The van der Waals surface area contributed by atoms with Crippen LogP contribution in [0.3, 0.4) is 0 Å². The minimum Gasteiger partial charge on any atom is -0.309 e. The Labute approximate surface area is 100 Å². The molecule has 0 nitrogen and oxygen atoms in total. The summed E-state index contributed by atoms with van der Waals surface area (Å²) in [5.74, 6) is 0. The Bertz CT molecular complexity index is 94.9. The van der Waals surface area contributed by atoms with Crippen molar-refractivity contribution < 1.29 is 0 Å².